The molecule has 3 aromatic carbocycles. The van der Waals surface area contributed by atoms with Crippen LogP contribution in [0.5, 0.6) is 0 Å². The first-order chi connectivity index (χ1) is 12.9. The van der Waals surface area contributed by atoms with Crippen LogP contribution in [-0.2, 0) is 5.41 Å². The Morgan fingerprint density at radius 2 is 0.885 bits per heavy atom. The van der Waals surface area contributed by atoms with E-state index in [-0.39, 0.29) is 5.41 Å². The smallest absolute Gasteiger partial charge is 0.0451 e. The Bertz CT molecular complexity index is 653. The van der Waals surface area contributed by atoms with E-state index in [4.69, 9.17) is 0 Å². The van der Waals surface area contributed by atoms with Crippen molar-refractivity contribution in [2.24, 2.45) is 0 Å². The van der Waals surface area contributed by atoms with E-state index in [1.54, 1.807) is 0 Å². The van der Waals surface area contributed by atoms with Crippen molar-refractivity contribution in [1.29, 1.82) is 0 Å². The molecule has 0 bridgehead atoms. The maximum atomic E-state index is 2.84. The van der Waals surface area contributed by atoms with Crippen molar-refractivity contribution < 1.29 is 0 Å². The molecule has 0 saturated carbocycles. The van der Waals surface area contributed by atoms with Gasteiger partial charge in [0.25, 0.3) is 0 Å². The van der Waals surface area contributed by atoms with Gasteiger partial charge in [0, 0.05) is 5.41 Å². The summed E-state index contributed by atoms with van der Waals surface area (Å²) in [7, 11) is 2.84. The Morgan fingerprint density at radius 3 is 1.27 bits per heavy atom. The Kier molecular flexibility index (Phi) is 7.04. The van der Waals surface area contributed by atoms with Crippen molar-refractivity contribution in [1.82, 2.24) is 0 Å². The summed E-state index contributed by atoms with van der Waals surface area (Å²) in [5, 5.41) is 0. The molecule has 0 aromatic heterocycles. The van der Waals surface area contributed by atoms with Gasteiger partial charge >= 0.3 is 0 Å². The molecule has 0 saturated heterocycles. The summed E-state index contributed by atoms with van der Waals surface area (Å²) < 4.78 is 0. The number of benzene rings is 3. The van der Waals surface area contributed by atoms with E-state index in [1.807, 2.05) is 0 Å². The van der Waals surface area contributed by atoms with Crippen LogP contribution in [0.15, 0.2) is 91.0 Å². The minimum atomic E-state index is -0.0786. The van der Waals surface area contributed by atoms with E-state index in [1.165, 1.54) is 48.5 Å². The van der Waals surface area contributed by atoms with Crippen LogP contribution < -0.4 is 0 Å². The zero-order valence-electron chi connectivity index (χ0n) is 15.5. The first-order valence-electron chi connectivity index (χ1n) is 9.74. The molecule has 0 spiro atoms. The lowest BCUT2D eigenvalue weighted by Crippen LogP contribution is -2.29. The van der Waals surface area contributed by atoms with Gasteiger partial charge in [-0.05, 0) is 35.7 Å². The van der Waals surface area contributed by atoms with E-state index in [0.29, 0.717) is 0 Å². The first-order valence-corrected chi connectivity index (χ1v) is 10.6. The number of unbranched alkanes of at least 4 members (excludes halogenated alkanes) is 3. The standard InChI is InChI=1S/C25H29P/c26-21-13-2-1-12-20-25(22-14-6-3-7-15-22,23-16-8-4-9-17-23)24-18-10-5-11-19-24/h3-11,14-19H,1-2,12-13,20-21,26H2. The minimum Gasteiger partial charge on any atom is -0.138 e. The van der Waals surface area contributed by atoms with E-state index >= 15 is 0 Å². The molecule has 0 aliphatic rings. The van der Waals surface area contributed by atoms with E-state index in [2.05, 4.69) is 100 Å². The summed E-state index contributed by atoms with van der Waals surface area (Å²) in [6, 6.07) is 33.1. The Morgan fingerprint density at radius 1 is 0.500 bits per heavy atom. The van der Waals surface area contributed by atoms with Gasteiger partial charge in [-0.25, -0.2) is 0 Å². The first kappa shape index (κ1) is 18.9. The Hall–Kier alpha value is -1.91. The third-order valence-corrected chi connectivity index (χ3v) is 5.71. The molecule has 134 valence electrons. The molecule has 1 unspecified atom stereocenters. The zero-order chi connectivity index (χ0) is 18.1. The highest BCUT2D eigenvalue weighted by atomic mass is 31.0. The second-order valence-corrected chi connectivity index (χ2v) is 7.53. The quantitative estimate of drug-likeness (QED) is 0.222. The van der Waals surface area contributed by atoms with Crippen LogP contribution in [-0.4, -0.2) is 6.16 Å². The molecular weight excluding hydrogens is 331 g/mol. The van der Waals surface area contributed by atoms with Gasteiger partial charge in [-0.15, -0.1) is 9.24 Å². The van der Waals surface area contributed by atoms with Gasteiger partial charge in [-0.3, -0.25) is 0 Å². The number of hydrogen-bond acceptors (Lipinski definition) is 0. The minimum absolute atomic E-state index is 0.0786. The molecule has 0 nitrogen and oxygen atoms in total. The fourth-order valence-corrected chi connectivity index (χ4v) is 4.28. The van der Waals surface area contributed by atoms with Crippen molar-refractivity contribution in [3.63, 3.8) is 0 Å². The largest absolute Gasteiger partial charge is 0.138 e. The molecule has 1 heteroatoms. The third kappa shape index (κ3) is 4.25. The number of hydrogen-bond donors (Lipinski definition) is 0. The highest BCUT2D eigenvalue weighted by Crippen LogP contribution is 2.43. The molecule has 3 aromatic rings. The van der Waals surface area contributed by atoms with Crippen LogP contribution in [0.4, 0.5) is 0 Å². The predicted octanol–water partition coefficient (Wildman–Crippen LogP) is 6.85. The second kappa shape index (κ2) is 9.70. The fourth-order valence-electron chi connectivity index (χ4n) is 3.99. The summed E-state index contributed by atoms with van der Waals surface area (Å²) in [5.41, 5.74) is 4.10. The molecule has 3 rings (SSSR count). The van der Waals surface area contributed by atoms with Crippen molar-refractivity contribution in [2.45, 2.75) is 37.5 Å². The average molecular weight is 360 g/mol. The lowest BCUT2D eigenvalue weighted by atomic mass is 9.66. The normalized spacial score (nSPS) is 11.4. The molecule has 0 N–H and O–H groups in total. The van der Waals surface area contributed by atoms with Crippen molar-refractivity contribution in [3.8, 4) is 0 Å². The van der Waals surface area contributed by atoms with Crippen LogP contribution in [0.25, 0.3) is 0 Å². The van der Waals surface area contributed by atoms with Crippen molar-refractivity contribution in [3.05, 3.63) is 108 Å². The van der Waals surface area contributed by atoms with Gasteiger partial charge in [-0.2, -0.15) is 0 Å². The summed E-state index contributed by atoms with van der Waals surface area (Å²) >= 11 is 0. The van der Waals surface area contributed by atoms with E-state index < -0.39 is 0 Å². The van der Waals surface area contributed by atoms with Crippen LogP contribution >= 0.6 is 9.24 Å². The van der Waals surface area contributed by atoms with Crippen molar-refractivity contribution in [2.75, 3.05) is 6.16 Å². The maximum Gasteiger partial charge on any atom is 0.0451 e. The third-order valence-electron chi connectivity index (χ3n) is 5.31. The van der Waals surface area contributed by atoms with Crippen LogP contribution in [0.3, 0.4) is 0 Å². The number of rotatable bonds is 9. The van der Waals surface area contributed by atoms with Crippen LogP contribution in [0.2, 0.25) is 0 Å². The summed E-state index contributed by atoms with van der Waals surface area (Å²) in [5.74, 6) is 0. The Balaban J connectivity index is 2.06. The van der Waals surface area contributed by atoms with Gasteiger partial charge in [0.15, 0.2) is 0 Å². The van der Waals surface area contributed by atoms with Crippen molar-refractivity contribution >= 4 is 9.24 Å². The zero-order valence-corrected chi connectivity index (χ0v) is 16.6. The van der Waals surface area contributed by atoms with Crippen LogP contribution in [0, 0.1) is 0 Å². The van der Waals surface area contributed by atoms with Gasteiger partial charge in [0.1, 0.15) is 0 Å². The second-order valence-electron chi connectivity index (χ2n) is 6.96. The van der Waals surface area contributed by atoms with Crippen LogP contribution in [0.1, 0.15) is 48.8 Å². The maximum absolute atomic E-state index is 2.84. The summed E-state index contributed by atoms with van der Waals surface area (Å²) in [4.78, 5) is 0. The highest BCUT2D eigenvalue weighted by Gasteiger charge is 2.35. The van der Waals surface area contributed by atoms with Gasteiger partial charge < -0.3 is 0 Å². The summed E-state index contributed by atoms with van der Waals surface area (Å²) in [6.45, 7) is 0. The summed E-state index contributed by atoms with van der Waals surface area (Å²) in [6.07, 6.45) is 7.51. The molecule has 0 radical (unpaired) electrons. The lowest BCUT2D eigenvalue weighted by Gasteiger charge is -2.36. The molecule has 26 heavy (non-hydrogen) atoms. The molecule has 0 heterocycles. The molecule has 0 amide bonds. The molecular formula is C25H29P. The molecule has 0 fully saturated rings. The SMILES string of the molecule is PCCCCCCC(c1ccccc1)(c1ccccc1)c1ccccc1. The van der Waals surface area contributed by atoms with Gasteiger partial charge in [-0.1, -0.05) is 110 Å². The van der Waals surface area contributed by atoms with E-state index in [0.717, 1.165) is 6.42 Å². The average Bonchev–Trinajstić information content (AvgIpc) is 2.73. The van der Waals surface area contributed by atoms with Gasteiger partial charge in [0.2, 0.25) is 0 Å². The fraction of sp³-hybridized carbons (Fsp3) is 0.280. The highest BCUT2D eigenvalue weighted by molar-refractivity contribution is 7.16. The van der Waals surface area contributed by atoms with E-state index in [9.17, 15) is 0 Å². The molecule has 1 atom stereocenters. The Labute approximate surface area is 160 Å². The molecule has 0 aliphatic carbocycles. The predicted molar refractivity (Wildman–Crippen MR) is 117 cm³/mol. The monoisotopic (exact) mass is 360 g/mol. The lowest BCUT2D eigenvalue weighted by molar-refractivity contribution is 0.507. The molecule has 0 aliphatic heterocycles. The van der Waals surface area contributed by atoms with Gasteiger partial charge in [0.05, 0.1) is 0 Å². The topological polar surface area (TPSA) is 0 Å².